The number of ether oxygens (including phenoxy) is 2. The molecule has 0 spiro atoms. The van der Waals surface area contributed by atoms with E-state index >= 15 is 0 Å². The van der Waals surface area contributed by atoms with Crippen molar-refractivity contribution in [1.82, 2.24) is 4.98 Å². The predicted molar refractivity (Wildman–Crippen MR) is 120 cm³/mol. The molecule has 160 valence electrons. The van der Waals surface area contributed by atoms with E-state index in [2.05, 4.69) is 27.3 Å². The molecule has 1 fully saturated rings. The van der Waals surface area contributed by atoms with Gasteiger partial charge < -0.3 is 19.7 Å². The maximum Gasteiger partial charge on any atom is 0.341 e. The first-order chi connectivity index (χ1) is 15.1. The fourth-order valence-electron chi connectivity index (χ4n) is 3.87. The quantitative estimate of drug-likeness (QED) is 0.588. The third kappa shape index (κ3) is 4.17. The summed E-state index contributed by atoms with van der Waals surface area (Å²) in [5.41, 5.74) is 3.65. The van der Waals surface area contributed by atoms with Crippen LogP contribution < -0.4 is 10.2 Å². The van der Waals surface area contributed by atoms with Gasteiger partial charge >= 0.3 is 11.9 Å². The molecule has 1 aliphatic rings. The number of carbonyl (C=O) groups excluding carboxylic acids is 2. The van der Waals surface area contributed by atoms with Gasteiger partial charge in [0.1, 0.15) is 5.56 Å². The van der Waals surface area contributed by atoms with Crippen LogP contribution in [-0.2, 0) is 9.47 Å². The van der Waals surface area contributed by atoms with Crippen molar-refractivity contribution in [3.8, 4) is 0 Å². The fourth-order valence-corrected chi connectivity index (χ4v) is 3.87. The Kier molecular flexibility index (Phi) is 6.02. The van der Waals surface area contributed by atoms with E-state index in [1.54, 1.807) is 19.1 Å². The Morgan fingerprint density at radius 1 is 1.03 bits per heavy atom. The molecule has 2 aromatic carbocycles. The van der Waals surface area contributed by atoms with Crippen LogP contribution in [0.5, 0.6) is 0 Å². The van der Waals surface area contributed by atoms with Gasteiger partial charge in [-0.05, 0) is 50.1 Å². The van der Waals surface area contributed by atoms with Crippen LogP contribution in [0.4, 0.5) is 17.1 Å². The number of nitrogens with zero attached hydrogens (tertiary/aromatic N) is 2. The molecule has 2 heterocycles. The molecule has 1 aliphatic heterocycles. The number of para-hydroxylation sites is 1. The van der Waals surface area contributed by atoms with Crippen molar-refractivity contribution < 1.29 is 19.1 Å². The van der Waals surface area contributed by atoms with Crippen molar-refractivity contribution >= 4 is 39.9 Å². The Hall–Kier alpha value is -3.61. The number of methoxy groups -OCH3 is 1. The minimum absolute atomic E-state index is 0.253. The molecule has 7 nitrogen and oxygen atoms in total. The predicted octanol–water partition coefficient (Wildman–Crippen LogP) is 4.54. The maximum atomic E-state index is 12.6. The second-order valence-corrected chi connectivity index (χ2v) is 7.33. The third-order valence-corrected chi connectivity index (χ3v) is 5.41. The third-order valence-electron chi connectivity index (χ3n) is 5.41. The van der Waals surface area contributed by atoms with E-state index < -0.39 is 11.9 Å². The van der Waals surface area contributed by atoms with Crippen molar-refractivity contribution in [2.45, 2.75) is 19.8 Å². The van der Waals surface area contributed by atoms with Crippen molar-refractivity contribution in [2.24, 2.45) is 0 Å². The smallest absolute Gasteiger partial charge is 0.341 e. The van der Waals surface area contributed by atoms with Crippen LogP contribution in [0.25, 0.3) is 10.9 Å². The largest absolute Gasteiger partial charge is 0.465 e. The average molecular weight is 419 g/mol. The number of nitrogens with one attached hydrogen (secondary N) is 1. The molecule has 0 amide bonds. The molecule has 4 rings (SSSR count). The highest BCUT2D eigenvalue weighted by molar-refractivity contribution is 6.11. The zero-order valence-electron chi connectivity index (χ0n) is 17.7. The van der Waals surface area contributed by atoms with E-state index in [4.69, 9.17) is 9.47 Å². The summed E-state index contributed by atoms with van der Waals surface area (Å²) >= 11 is 0. The van der Waals surface area contributed by atoms with Gasteiger partial charge in [-0.1, -0.05) is 12.1 Å². The second kappa shape index (κ2) is 9.04. The Labute approximate surface area is 181 Å². The van der Waals surface area contributed by atoms with E-state index in [-0.39, 0.29) is 6.61 Å². The summed E-state index contributed by atoms with van der Waals surface area (Å²) in [7, 11) is 1.33. The van der Waals surface area contributed by atoms with Gasteiger partial charge in [0.15, 0.2) is 0 Å². The summed E-state index contributed by atoms with van der Waals surface area (Å²) in [5.74, 6) is -0.959. The van der Waals surface area contributed by atoms with Crippen LogP contribution in [-0.4, -0.2) is 43.7 Å². The first kappa shape index (κ1) is 20.7. The molecule has 31 heavy (non-hydrogen) atoms. The van der Waals surface area contributed by atoms with Gasteiger partial charge in [-0.2, -0.15) is 0 Å². The lowest BCUT2D eigenvalue weighted by molar-refractivity contribution is 0.0526. The maximum absolute atomic E-state index is 12.6. The normalized spacial score (nSPS) is 13.3. The molecule has 1 aromatic heterocycles. The number of benzene rings is 2. The zero-order valence-corrected chi connectivity index (χ0v) is 17.7. The number of esters is 2. The number of fused-ring (bicyclic) bond motifs is 1. The van der Waals surface area contributed by atoms with Crippen molar-refractivity contribution in [3.63, 3.8) is 0 Å². The Morgan fingerprint density at radius 2 is 1.77 bits per heavy atom. The lowest BCUT2D eigenvalue weighted by Gasteiger charge is -2.19. The number of carbonyl (C=O) groups is 2. The molecule has 3 aromatic rings. The van der Waals surface area contributed by atoms with E-state index in [0.29, 0.717) is 27.7 Å². The Bertz CT molecular complexity index is 1110. The lowest BCUT2D eigenvalue weighted by Crippen LogP contribution is -2.17. The van der Waals surface area contributed by atoms with Crippen LogP contribution in [0.15, 0.2) is 48.7 Å². The molecule has 0 unspecified atom stereocenters. The molecular formula is C24H25N3O4. The highest BCUT2D eigenvalue weighted by atomic mass is 16.5. The minimum Gasteiger partial charge on any atom is -0.465 e. The average Bonchev–Trinajstić information content (AvgIpc) is 3.34. The van der Waals surface area contributed by atoms with Crippen LogP contribution in [0.1, 0.15) is 40.5 Å². The van der Waals surface area contributed by atoms with Crippen molar-refractivity contribution in [1.29, 1.82) is 0 Å². The van der Waals surface area contributed by atoms with Gasteiger partial charge in [0.25, 0.3) is 0 Å². The van der Waals surface area contributed by atoms with Crippen molar-refractivity contribution in [2.75, 3.05) is 37.0 Å². The van der Waals surface area contributed by atoms with E-state index in [1.165, 1.54) is 31.8 Å². The molecule has 1 N–H and O–H groups in total. The molecule has 0 bridgehead atoms. The highest BCUT2D eigenvalue weighted by Crippen LogP contribution is 2.32. The number of pyridine rings is 1. The summed E-state index contributed by atoms with van der Waals surface area (Å²) in [5, 5.41) is 3.98. The molecular weight excluding hydrogens is 394 g/mol. The fraction of sp³-hybridized carbons (Fsp3) is 0.292. The molecule has 0 radical (unpaired) electrons. The summed E-state index contributed by atoms with van der Waals surface area (Å²) in [6.45, 7) is 4.16. The first-order valence-electron chi connectivity index (χ1n) is 10.4. The van der Waals surface area contributed by atoms with Gasteiger partial charge in [-0.25, -0.2) is 9.59 Å². The Morgan fingerprint density at radius 3 is 2.45 bits per heavy atom. The molecule has 7 heteroatoms. The molecule has 0 aliphatic carbocycles. The number of hydrogen-bond donors (Lipinski definition) is 1. The topological polar surface area (TPSA) is 80.8 Å². The summed E-state index contributed by atoms with van der Waals surface area (Å²) in [4.78, 5) is 31.5. The van der Waals surface area contributed by atoms with Crippen LogP contribution >= 0.6 is 0 Å². The molecule has 0 atom stereocenters. The minimum atomic E-state index is -0.483. The first-order valence-corrected chi connectivity index (χ1v) is 10.4. The van der Waals surface area contributed by atoms with Crippen molar-refractivity contribution in [3.05, 3.63) is 59.8 Å². The van der Waals surface area contributed by atoms with Gasteiger partial charge in [0.05, 0.1) is 30.5 Å². The SMILES string of the molecule is CCOC(=O)c1cnc2c(C(=O)OC)cccc2c1Nc1ccc(N2CCCC2)cc1. The highest BCUT2D eigenvalue weighted by Gasteiger charge is 2.20. The van der Waals surface area contributed by atoms with E-state index in [1.807, 2.05) is 18.2 Å². The summed E-state index contributed by atoms with van der Waals surface area (Å²) in [6.07, 6.45) is 3.87. The monoisotopic (exact) mass is 419 g/mol. The van der Waals surface area contributed by atoms with Gasteiger partial charge in [0, 0.05) is 36.0 Å². The van der Waals surface area contributed by atoms with Crippen LogP contribution in [0, 0.1) is 0 Å². The van der Waals surface area contributed by atoms with Gasteiger partial charge in [0.2, 0.25) is 0 Å². The van der Waals surface area contributed by atoms with Crippen LogP contribution in [0.3, 0.4) is 0 Å². The number of aromatic nitrogens is 1. The molecule has 1 saturated heterocycles. The van der Waals surface area contributed by atoms with E-state index in [9.17, 15) is 9.59 Å². The van der Waals surface area contributed by atoms with E-state index in [0.717, 1.165) is 18.8 Å². The summed E-state index contributed by atoms with van der Waals surface area (Å²) < 4.78 is 10.1. The van der Waals surface area contributed by atoms with Crippen LogP contribution in [0.2, 0.25) is 0 Å². The standard InChI is InChI=1S/C24H25N3O4/c1-3-31-24(29)20-15-25-21-18(7-6-8-19(21)23(28)30-2)22(20)26-16-9-11-17(12-10-16)27-13-4-5-14-27/h6-12,15H,3-5,13-14H2,1-2H3,(H,25,26). The summed E-state index contributed by atoms with van der Waals surface area (Å²) in [6, 6.07) is 13.3. The number of anilines is 3. The molecule has 0 saturated carbocycles. The van der Waals surface area contributed by atoms with Gasteiger partial charge in [-0.3, -0.25) is 4.98 Å². The zero-order chi connectivity index (χ0) is 21.8. The number of rotatable bonds is 6. The number of hydrogen-bond acceptors (Lipinski definition) is 7. The van der Waals surface area contributed by atoms with Gasteiger partial charge in [-0.15, -0.1) is 0 Å². The lowest BCUT2D eigenvalue weighted by atomic mass is 10.0. The Balaban J connectivity index is 1.77. The second-order valence-electron chi connectivity index (χ2n) is 7.33.